The second-order valence-electron chi connectivity index (χ2n) is 5.57. The molecule has 5 nitrogen and oxygen atoms in total. The van der Waals surface area contributed by atoms with Crippen LogP contribution >= 0.6 is 0 Å². The zero-order valence-corrected chi connectivity index (χ0v) is 12.1. The van der Waals surface area contributed by atoms with Gasteiger partial charge in [0.15, 0.2) is 0 Å². The molecule has 0 aliphatic carbocycles. The van der Waals surface area contributed by atoms with Crippen LogP contribution in [0.3, 0.4) is 0 Å². The van der Waals surface area contributed by atoms with E-state index in [-0.39, 0.29) is 11.9 Å². The van der Waals surface area contributed by atoms with E-state index in [0.717, 1.165) is 30.9 Å². The molecule has 5 heteroatoms. The topological polar surface area (TPSA) is 67.6 Å². The number of piperidine rings is 1. The molecule has 1 aromatic carbocycles. The van der Waals surface area contributed by atoms with Crippen LogP contribution in [-0.2, 0) is 4.79 Å². The summed E-state index contributed by atoms with van der Waals surface area (Å²) in [6, 6.07) is 7.50. The maximum atomic E-state index is 12.0. The normalized spacial score (nSPS) is 23.4. The number of anilines is 1. The van der Waals surface area contributed by atoms with Gasteiger partial charge in [0.25, 0.3) is 0 Å². The number of nitrogens with zero attached hydrogens (tertiary/aromatic N) is 1. The number of hydrogen-bond acceptors (Lipinski definition) is 4. The number of amides is 1. The lowest BCUT2D eigenvalue weighted by atomic mass is 9.97. The van der Waals surface area contributed by atoms with Gasteiger partial charge in [-0.1, -0.05) is 6.92 Å². The predicted octanol–water partition coefficient (Wildman–Crippen LogP) is 1.30. The standard InChI is InChI=1S/C15H23N3O2/c1-11-7-12(16)9-18(8-11)10-15(19)17-13-3-5-14(20-2)6-4-13/h3-6,11-12H,7-10,16H2,1-2H3,(H,17,19). The second kappa shape index (κ2) is 6.72. The molecule has 1 aliphatic rings. The van der Waals surface area contributed by atoms with E-state index in [1.54, 1.807) is 7.11 Å². The highest BCUT2D eigenvalue weighted by Gasteiger charge is 2.23. The van der Waals surface area contributed by atoms with Gasteiger partial charge in [0.1, 0.15) is 5.75 Å². The fourth-order valence-corrected chi connectivity index (χ4v) is 2.72. The monoisotopic (exact) mass is 277 g/mol. The molecule has 2 rings (SSSR count). The number of likely N-dealkylation sites (tertiary alicyclic amines) is 1. The summed E-state index contributed by atoms with van der Waals surface area (Å²) in [5.74, 6) is 1.32. The third-order valence-electron chi connectivity index (χ3n) is 3.51. The van der Waals surface area contributed by atoms with Gasteiger partial charge in [0, 0.05) is 24.8 Å². The largest absolute Gasteiger partial charge is 0.497 e. The summed E-state index contributed by atoms with van der Waals surface area (Å²) in [5, 5.41) is 2.89. The lowest BCUT2D eigenvalue weighted by Gasteiger charge is -2.34. The Morgan fingerprint density at radius 3 is 2.70 bits per heavy atom. The molecular formula is C15H23N3O2. The van der Waals surface area contributed by atoms with E-state index in [1.807, 2.05) is 24.3 Å². The van der Waals surface area contributed by atoms with Crippen molar-refractivity contribution in [2.45, 2.75) is 19.4 Å². The van der Waals surface area contributed by atoms with Crippen molar-refractivity contribution in [2.24, 2.45) is 11.7 Å². The Hall–Kier alpha value is -1.59. The lowest BCUT2D eigenvalue weighted by molar-refractivity contribution is -0.117. The van der Waals surface area contributed by atoms with Crippen molar-refractivity contribution >= 4 is 11.6 Å². The highest BCUT2D eigenvalue weighted by atomic mass is 16.5. The number of nitrogens with two attached hydrogens (primary N) is 1. The van der Waals surface area contributed by atoms with Gasteiger partial charge in [-0.15, -0.1) is 0 Å². The summed E-state index contributed by atoms with van der Waals surface area (Å²) >= 11 is 0. The number of hydrogen-bond donors (Lipinski definition) is 2. The van der Waals surface area contributed by atoms with E-state index in [1.165, 1.54) is 0 Å². The summed E-state index contributed by atoms with van der Waals surface area (Å²) in [6.07, 6.45) is 1.04. The minimum atomic E-state index is -0.00327. The van der Waals surface area contributed by atoms with Gasteiger partial charge in [-0.3, -0.25) is 9.69 Å². The first-order chi connectivity index (χ1) is 9.56. The molecule has 2 atom stereocenters. The van der Waals surface area contributed by atoms with Crippen LogP contribution in [0, 0.1) is 5.92 Å². The van der Waals surface area contributed by atoms with Crippen molar-refractivity contribution in [2.75, 3.05) is 32.1 Å². The van der Waals surface area contributed by atoms with Gasteiger partial charge in [0.05, 0.1) is 13.7 Å². The Balaban J connectivity index is 1.85. The number of carbonyl (C=O) groups excluding carboxylic acids is 1. The van der Waals surface area contributed by atoms with Crippen molar-refractivity contribution in [1.29, 1.82) is 0 Å². The Kier molecular flexibility index (Phi) is 4.98. The Labute approximate surface area is 120 Å². The average Bonchev–Trinajstić information content (AvgIpc) is 2.38. The maximum Gasteiger partial charge on any atom is 0.238 e. The van der Waals surface area contributed by atoms with Crippen molar-refractivity contribution in [3.05, 3.63) is 24.3 Å². The van der Waals surface area contributed by atoms with Gasteiger partial charge in [-0.05, 0) is 36.6 Å². The molecule has 1 amide bonds. The van der Waals surface area contributed by atoms with Gasteiger partial charge in [-0.25, -0.2) is 0 Å². The average molecular weight is 277 g/mol. The molecule has 1 aliphatic heterocycles. The summed E-state index contributed by atoms with van der Waals surface area (Å²) in [5.41, 5.74) is 6.77. The maximum absolute atomic E-state index is 12.0. The molecule has 0 aromatic heterocycles. The van der Waals surface area contributed by atoms with Gasteiger partial charge in [0.2, 0.25) is 5.91 Å². The third kappa shape index (κ3) is 4.21. The van der Waals surface area contributed by atoms with E-state index in [2.05, 4.69) is 17.1 Å². The van der Waals surface area contributed by atoms with Crippen LogP contribution in [0.4, 0.5) is 5.69 Å². The van der Waals surface area contributed by atoms with Crippen LogP contribution in [0.15, 0.2) is 24.3 Å². The van der Waals surface area contributed by atoms with E-state index in [0.29, 0.717) is 12.5 Å². The quantitative estimate of drug-likeness (QED) is 0.870. The summed E-state index contributed by atoms with van der Waals surface area (Å²) < 4.78 is 5.08. The number of carbonyl (C=O) groups is 1. The summed E-state index contributed by atoms with van der Waals surface area (Å²) in [7, 11) is 1.62. The van der Waals surface area contributed by atoms with Crippen molar-refractivity contribution < 1.29 is 9.53 Å². The van der Waals surface area contributed by atoms with E-state index in [9.17, 15) is 4.79 Å². The SMILES string of the molecule is COc1ccc(NC(=O)CN2CC(C)CC(N)C2)cc1. The minimum absolute atomic E-state index is 0.00327. The molecule has 0 spiro atoms. The van der Waals surface area contributed by atoms with E-state index < -0.39 is 0 Å². The molecule has 1 aromatic rings. The second-order valence-corrected chi connectivity index (χ2v) is 5.57. The molecular weight excluding hydrogens is 254 g/mol. The van der Waals surface area contributed by atoms with Gasteiger partial charge < -0.3 is 15.8 Å². The van der Waals surface area contributed by atoms with Gasteiger partial charge in [-0.2, -0.15) is 0 Å². The molecule has 2 unspecified atom stereocenters. The highest BCUT2D eigenvalue weighted by molar-refractivity contribution is 5.92. The third-order valence-corrected chi connectivity index (χ3v) is 3.51. The smallest absolute Gasteiger partial charge is 0.238 e. The molecule has 3 N–H and O–H groups in total. The number of nitrogens with one attached hydrogen (secondary N) is 1. The molecule has 20 heavy (non-hydrogen) atoms. The first kappa shape index (κ1) is 14.8. The van der Waals surface area contributed by atoms with Gasteiger partial charge >= 0.3 is 0 Å². The number of rotatable bonds is 4. The first-order valence-electron chi connectivity index (χ1n) is 6.98. The van der Waals surface area contributed by atoms with Crippen molar-refractivity contribution in [3.8, 4) is 5.75 Å². The highest BCUT2D eigenvalue weighted by Crippen LogP contribution is 2.16. The predicted molar refractivity (Wildman–Crippen MR) is 79.8 cm³/mol. The van der Waals surface area contributed by atoms with Crippen LogP contribution in [0.5, 0.6) is 5.75 Å². The summed E-state index contributed by atoms with van der Waals surface area (Å²) in [6.45, 7) is 4.29. The van der Waals surface area contributed by atoms with Crippen LogP contribution in [0.25, 0.3) is 0 Å². The zero-order chi connectivity index (χ0) is 14.5. The molecule has 1 saturated heterocycles. The van der Waals surface area contributed by atoms with Crippen molar-refractivity contribution in [3.63, 3.8) is 0 Å². The summed E-state index contributed by atoms with van der Waals surface area (Å²) in [4.78, 5) is 14.1. The molecule has 0 saturated carbocycles. The number of methoxy groups -OCH3 is 1. The Bertz CT molecular complexity index is 437. The Morgan fingerprint density at radius 1 is 1.40 bits per heavy atom. The van der Waals surface area contributed by atoms with E-state index in [4.69, 9.17) is 10.5 Å². The molecule has 110 valence electrons. The zero-order valence-electron chi connectivity index (χ0n) is 12.1. The van der Waals surface area contributed by atoms with Crippen LogP contribution in [0.1, 0.15) is 13.3 Å². The number of ether oxygens (including phenoxy) is 1. The van der Waals surface area contributed by atoms with Crippen LogP contribution < -0.4 is 15.8 Å². The molecule has 1 fully saturated rings. The van der Waals surface area contributed by atoms with E-state index >= 15 is 0 Å². The molecule has 0 bridgehead atoms. The van der Waals surface area contributed by atoms with Crippen LogP contribution in [-0.4, -0.2) is 43.6 Å². The number of benzene rings is 1. The minimum Gasteiger partial charge on any atom is -0.497 e. The molecule has 0 radical (unpaired) electrons. The first-order valence-corrected chi connectivity index (χ1v) is 6.98. The van der Waals surface area contributed by atoms with Crippen LogP contribution in [0.2, 0.25) is 0 Å². The molecule has 1 heterocycles. The Morgan fingerprint density at radius 2 is 2.10 bits per heavy atom. The lowest BCUT2D eigenvalue weighted by Crippen LogP contribution is -2.48. The fourth-order valence-electron chi connectivity index (χ4n) is 2.72. The fraction of sp³-hybridized carbons (Fsp3) is 0.533. The van der Waals surface area contributed by atoms with Crippen molar-refractivity contribution in [1.82, 2.24) is 4.90 Å².